The third-order valence-electron chi connectivity index (χ3n) is 4.63. The number of nitrogens with zero attached hydrogens (tertiary/aromatic N) is 4. The van der Waals surface area contributed by atoms with Crippen LogP contribution in [0.25, 0.3) is 0 Å². The summed E-state index contributed by atoms with van der Waals surface area (Å²) in [5.41, 5.74) is -1.81. The van der Waals surface area contributed by atoms with Gasteiger partial charge < -0.3 is 10.1 Å². The van der Waals surface area contributed by atoms with Crippen molar-refractivity contribution >= 4 is 17.5 Å². The maximum atomic E-state index is 12.9. The first kappa shape index (κ1) is 25.4. The van der Waals surface area contributed by atoms with Crippen LogP contribution in [0.5, 0.6) is 5.75 Å². The highest BCUT2D eigenvalue weighted by Gasteiger charge is 2.38. The molecule has 14 heteroatoms. The molecule has 34 heavy (non-hydrogen) atoms. The second kappa shape index (κ2) is 9.95. The van der Waals surface area contributed by atoms with Gasteiger partial charge in [-0.2, -0.15) is 36.5 Å². The van der Waals surface area contributed by atoms with Crippen molar-refractivity contribution in [2.24, 2.45) is 0 Å². The molecule has 0 aliphatic rings. The number of ether oxygens (including phenoxy) is 1. The molecule has 0 radical (unpaired) electrons. The number of amides is 1. The molecule has 184 valence electrons. The lowest BCUT2D eigenvalue weighted by Crippen LogP contribution is -2.26. The summed E-state index contributed by atoms with van der Waals surface area (Å²) in [6, 6.07) is 5.73. The Labute approximate surface area is 194 Å². The van der Waals surface area contributed by atoms with Crippen LogP contribution in [0, 0.1) is 6.92 Å². The minimum Gasteiger partial charge on any atom is -0.471 e. The fourth-order valence-electron chi connectivity index (χ4n) is 2.90. The Kier molecular flexibility index (Phi) is 7.44. The molecule has 7 nitrogen and oxygen atoms in total. The Bertz CT molecular complexity index is 1160. The molecule has 1 aromatic carbocycles. The second-order valence-electron chi connectivity index (χ2n) is 7.12. The molecule has 0 atom stereocenters. The summed E-state index contributed by atoms with van der Waals surface area (Å²) in [7, 11) is 0. The molecular weight excluding hydrogens is 492 g/mol. The van der Waals surface area contributed by atoms with Gasteiger partial charge in [-0.05, 0) is 37.6 Å². The number of benzene rings is 1. The first-order valence-corrected chi connectivity index (χ1v) is 10.2. The fourth-order valence-corrected chi connectivity index (χ4v) is 3.14. The quantitative estimate of drug-likeness (QED) is 0.345. The van der Waals surface area contributed by atoms with Gasteiger partial charge in [0.05, 0.1) is 16.3 Å². The second-order valence-corrected chi connectivity index (χ2v) is 7.50. The molecule has 2 aromatic heterocycles. The highest BCUT2D eigenvalue weighted by atomic mass is 35.5. The van der Waals surface area contributed by atoms with Gasteiger partial charge in [-0.1, -0.05) is 17.7 Å². The monoisotopic (exact) mass is 509 g/mol. The highest BCUT2D eigenvalue weighted by molar-refractivity contribution is 6.31. The molecule has 0 aliphatic carbocycles. The molecule has 0 saturated heterocycles. The van der Waals surface area contributed by atoms with Crippen LogP contribution >= 0.6 is 11.6 Å². The van der Waals surface area contributed by atoms with E-state index >= 15 is 0 Å². The zero-order valence-electron chi connectivity index (χ0n) is 17.5. The first-order valence-electron chi connectivity index (χ1n) is 9.78. The number of aryl methyl sites for hydroxylation is 1. The standard InChI is InChI=1S/C20H18ClF6N5O2/c1-12-16(21)17(20(25,26)27)30-32(12)8-3-7-28-18(33)15-6-9-31(29-15)11-34-14-5-2-4-13(10-14)19(22,23)24/h2,4-6,9-10H,3,7-8,11H2,1H3,(H,28,33). The number of alkyl halides is 6. The van der Waals surface area contributed by atoms with Crippen molar-refractivity contribution in [3.63, 3.8) is 0 Å². The summed E-state index contributed by atoms with van der Waals surface area (Å²) in [5, 5.41) is 9.58. The molecular formula is C20H18ClF6N5O2. The molecule has 3 rings (SSSR count). The summed E-state index contributed by atoms with van der Waals surface area (Å²) in [5.74, 6) is -0.553. The van der Waals surface area contributed by atoms with Crippen molar-refractivity contribution in [1.29, 1.82) is 0 Å². The predicted molar refractivity (Wildman–Crippen MR) is 108 cm³/mol. The third kappa shape index (κ3) is 6.22. The van der Waals surface area contributed by atoms with Crippen LogP contribution in [0.1, 0.15) is 33.9 Å². The van der Waals surface area contributed by atoms with Crippen LogP contribution in [0.3, 0.4) is 0 Å². The van der Waals surface area contributed by atoms with Crippen molar-refractivity contribution in [3.8, 4) is 5.75 Å². The summed E-state index contributed by atoms with van der Waals surface area (Å²) in [6.07, 6.45) is -7.47. The Morgan fingerprint density at radius 3 is 2.50 bits per heavy atom. The van der Waals surface area contributed by atoms with Gasteiger partial charge in [0, 0.05) is 19.3 Å². The normalized spacial score (nSPS) is 12.1. The summed E-state index contributed by atoms with van der Waals surface area (Å²) in [4.78, 5) is 12.2. The number of nitrogens with one attached hydrogen (secondary N) is 1. The molecule has 1 amide bonds. The van der Waals surface area contributed by atoms with Crippen LogP contribution in [0.15, 0.2) is 36.5 Å². The number of hydrogen-bond acceptors (Lipinski definition) is 4. The number of hydrogen-bond donors (Lipinski definition) is 1. The number of halogens is 7. The fraction of sp³-hybridized carbons (Fsp3) is 0.350. The molecule has 0 bridgehead atoms. The number of carbonyl (C=O) groups excluding carboxylic acids is 1. The van der Waals surface area contributed by atoms with Gasteiger partial charge in [-0.15, -0.1) is 0 Å². The number of aromatic nitrogens is 4. The van der Waals surface area contributed by atoms with Crippen molar-refractivity contribution in [2.75, 3.05) is 6.54 Å². The van der Waals surface area contributed by atoms with E-state index in [1.165, 1.54) is 36.0 Å². The lowest BCUT2D eigenvalue weighted by Gasteiger charge is -2.10. The largest absolute Gasteiger partial charge is 0.471 e. The third-order valence-corrected chi connectivity index (χ3v) is 5.08. The van der Waals surface area contributed by atoms with Gasteiger partial charge in [-0.25, -0.2) is 4.68 Å². The molecule has 1 N–H and O–H groups in total. The average molecular weight is 510 g/mol. The predicted octanol–water partition coefficient (Wildman–Crippen LogP) is 4.94. The average Bonchev–Trinajstić information content (AvgIpc) is 3.34. The van der Waals surface area contributed by atoms with Crippen molar-refractivity contribution in [3.05, 3.63) is 64.2 Å². The van der Waals surface area contributed by atoms with E-state index in [1.807, 2.05) is 0 Å². The Hall–Kier alpha value is -3.22. The van der Waals surface area contributed by atoms with E-state index < -0.39 is 34.5 Å². The van der Waals surface area contributed by atoms with E-state index in [2.05, 4.69) is 15.5 Å². The van der Waals surface area contributed by atoms with Gasteiger partial charge in [0.25, 0.3) is 5.91 Å². The zero-order valence-corrected chi connectivity index (χ0v) is 18.3. The molecule has 0 saturated carbocycles. The van der Waals surface area contributed by atoms with E-state index in [4.69, 9.17) is 16.3 Å². The summed E-state index contributed by atoms with van der Waals surface area (Å²) < 4.78 is 84.5. The van der Waals surface area contributed by atoms with Crippen LogP contribution in [-0.2, 0) is 25.6 Å². The molecule has 2 heterocycles. The van der Waals surface area contributed by atoms with Gasteiger partial charge >= 0.3 is 12.4 Å². The molecule has 0 fully saturated rings. The number of carbonyl (C=O) groups is 1. The number of rotatable bonds is 8. The van der Waals surface area contributed by atoms with Gasteiger partial charge in [0.2, 0.25) is 0 Å². The van der Waals surface area contributed by atoms with Gasteiger partial charge in [0.1, 0.15) is 11.4 Å². The van der Waals surface area contributed by atoms with E-state index in [9.17, 15) is 31.1 Å². The van der Waals surface area contributed by atoms with Gasteiger partial charge in [0.15, 0.2) is 12.4 Å². The van der Waals surface area contributed by atoms with Crippen LogP contribution in [0.2, 0.25) is 5.02 Å². The minimum atomic E-state index is -4.66. The van der Waals surface area contributed by atoms with E-state index in [1.54, 1.807) is 0 Å². The first-order chi connectivity index (χ1) is 15.9. The smallest absolute Gasteiger partial charge is 0.436 e. The Morgan fingerprint density at radius 2 is 1.85 bits per heavy atom. The zero-order chi connectivity index (χ0) is 25.1. The van der Waals surface area contributed by atoms with E-state index in [0.717, 1.165) is 16.8 Å². The highest BCUT2D eigenvalue weighted by Crippen LogP contribution is 2.35. The van der Waals surface area contributed by atoms with Crippen LogP contribution in [0.4, 0.5) is 26.3 Å². The van der Waals surface area contributed by atoms with Crippen LogP contribution < -0.4 is 10.1 Å². The molecule has 3 aromatic rings. The maximum Gasteiger partial charge on any atom is 0.436 e. The van der Waals surface area contributed by atoms with E-state index in [0.29, 0.717) is 0 Å². The summed E-state index contributed by atoms with van der Waals surface area (Å²) in [6.45, 7) is 1.42. The summed E-state index contributed by atoms with van der Waals surface area (Å²) >= 11 is 5.69. The van der Waals surface area contributed by atoms with Crippen molar-refractivity contribution in [2.45, 2.75) is 39.0 Å². The Balaban J connectivity index is 1.48. The lowest BCUT2D eigenvalue weighted by molar-refractivity contribution is -0.141. The lowest BCUT2D eigenvalue weighted by atomic mass is 10.2. The van der Waals surface area contributed by atoms with Gasteiger partial charge in [-0.3, -0.25) is 9.48 Å². The minimum absolute atomic E-state index is 0.0148. The van der Waals surface area contributed by atoms with Crippen molar-refractivity contribution in [1.82, 2.24) is 24.9 Å². The van der Waals surface area contributed by atoms with E-state index in [-0.39, 0.29) is 43.4 Å². The van der Waals surface area contributed by atoms with Crippen LogP contribution in [-0.4, -0.2) is 32.0 Å². The molecule has 0 unspecified atom stereocenters. The van der Waals surface area contributed by atoms with Crippen molar-refractivity contribution < 1.29 is 35.9 Å². The molecule has 0 spiro atoms. The SMILES string of the molecule is Cc1c(Cl)c(C(F)(F)F)nn1CCCNC(=O)c1ccn(COc2cccc(C(F)(F)F)c2)n1. The maximum absolute atomic E-state index is 12.9. The topological polar surface area (TPSA) is 74.0 Å². The molecule has 0 aliphatic heterocycles. The Morgan fingerprint density at radius 1 is 1.12 bits per heavy atom.